The van der Waals surface area contributed by atoms with Gasteiger partial charge >= 0.3 is 12.0 Å². The molecule has 2 unspecified atom stereocenters. The molecule has 2 aliphatic rings. The summed E-state index contributed by atoms with van der Waals surface area (Å²) in [6.45, 7) is 2.52. The smallest absolute Gasteiger partial charge is 0.317 e. The Bertz CT molecular complexity index is 393. The maximum atomic E-state index is 12.3. The van der Waals surface area contributed by atoms with Gasteiger partial charge in [0.1, 0.15) is 0 Å². The van der Waals surface area contributed by atoms with Crippen LogP contribution >= 0.6 is 0 Å². The van der Waals surface area contributed by atoms with E-state index in [0.717, 1.165) is 19.4 Å². The monoisotopic (exact) mass is 296 g/mol. The Hall–Kier alpha value is -1.26. The minimum absolute atomic E-state index is 0.125. The zero-order valence-electron chi connectivity index (χ0n) is 13.2. The van der Waals surface area contributed by atoms with E-state index in [1.54, 1.807) is 11.8 Å². The second kappa shape index (κ2) is 6.67. The predicted molar refractivity (Wildman–Crippen MR) is 81.1 cm³/mol. The molecule has 0 aromatic carbocycles. The van der Waals surface area contributed by atoms with Crippen LogP contribution in [0.25, 0.3) is 0 Å². The first-order valence-corrected chi connectivity index (χ1v) is 8.18. The largest absolute Gasteiger partial charge is 0.481 e. The Balaban J connectivity index is 1.86. The highest BCUT2D eigenvalue weighted by atomic mass is 16.4. The molecule has 2 N–H and O–H groups in total. The van der Waals surface area contributed by atoms with E-state index in [1.807, 2.05) is 7.05 Å². The highest BCUT2D eigenvalue weighted by Gasteiger charge is 2.46. The molecule has 2 aliphatic carbocycles. The van der Waals surface area contributed by atoms with E-state index in [1.165, 1.54) is 32.1 Å². The lowest BCUT2D eigenvalue weighted by Gasteiger charge is -2.31. The SMILES string of the molecule is CN(CC1CCCCC1)C(=O)NC1CCCC1(C)C(=O)O. The van der Waals surface area contributed by atoms with Crippen molar-refractivity contribution in [3.8, 4) is 0 Å². The molecule has 21 heavy (non-hydrogen) atoms. The van der Waals surface area contributed by atoms with E-state index in [0.29, 0.717) is 12.3 Å². The third-order valence-electron chi connectivity index (χ3n) is 5.35. The summed E-state index contributed by atoms with van der Waals surface area (Å²) in [5.74, 6) is -0.204. The van der Waals surface area contributed by atoms with Crippen LogP contribution in [0.2, 0.25) is 0 Å². The van der Waals surface area contributed by atoms with Crippen molar-refractivity contribution in [3.05, 3.63) is 0 Å². The summed E-state index contributed by atoms with van der Waals surface area (Å²) >= 11 is 0. The summed E-state index contributed by atoms with van der Waals surface area (Å²) in [5, 5.41) is 12.3. The molecule has 0 aromatic rings. The van der Waals surface area contributed by atoms with Gasteiger partial charge in [-0.3, -0.25) is 4.79 Å². The van der Waals surface area contributed by atoms with Crippen LogP contribution in [-0.2, 0) is 4.79 Å². The summed E-state index contributed by atoms with van der Waals surface area (Å²) < 4.78 is 0. The van der Waals surface area contributed by atoms with E-state index in [9.17, 15) is 14.7 Å². The van der Waals surface area contributed by atoms with Crippen molar-refractivity contribution in [2.24, 2.45) is 11.3 Å². The molecular formula is C16H28N2O3. The minimum atomic E-state index is -0.818. The molecule has 0 spiro atoms. The van der Waals surface area contributed by atoms with Crippen LogP contribution < -0.4 is 5.32 Å². The lowest BCUT2D eigenvalue weighted by molar-refractivity contribution is -0.148. The molecule has 120 valence electrons. The normalized spacial score (nSPS) is 30.1. The number of carbonyl (C=O) groups is 2. The summed E-state index contributed by atoms with van der Waals surface area (Å²) in [7, 11) is 1.82. The van der Waals surface area contributed by atoms with Crippen LogP contribution in [-0.4, -0.2) is 41.6 Å². The Morgan fingerprint density at radius 2 is 1.86 bits per heavy atom. The molecule has 2 amide bonds. The molecule has 5 nitrogen and oxygen atoms in total. The average molecular weight is 296 g/mol. The fraction of sp³-hybridized carbons (Fsp3) is 0.875. The van der Waals surface area contributed by atoms with Gasteiger partial charge in [-0.2, -0.15) is 0 Å². The summed E-state index contributed by atoms with van der Waals surface area (Å²) in [5.41, 5.74) is -0.818. The van der Waals surface area contributed by atoms with Gasteiger partial charge < -0.3 is 15.3 Å². The Labute approximate surface area is 127 Å². The molecule has 2 fully saturated rings. The molecule has 0 heterocycles. The number of amides is 2. The first-order valence-electron chi connectivity index (χ1n) is 8.18. The molecule has 2 atom stereocenters. The van der Waals surface area contributed by atoms with Gasteiger partial charge in [0, 0.05) is 19.6 Å². The minimum Gasteiger partial charge on any atom is -0.481 e. The molecular weight excluding hydrogens is 268 g/mol. The predicted octanol–water partition coefficient (Wildman–Crippen LogP) is 2.85. The molecule has 0 bridgehead atoms. The number of hydrogen-bond donors (Lipinski definition) is 2. The van der Waals surface area contributed by atoms with Crippen molar-refractivity contribution in [1.29, 1.82) is 0 Å². The molecule has 0 saturated heterocycles. The molecule has 2 rings (SSSR count). The standard InChI is InChI=1S/C16H28N2O3/c1-16(14(19)20)10-6-9-13(16)17-15(21)18(2)11-12-7-4-3-5-8-12/h12-13H,3-11H2,1-2H3,(H,17,21)(H,19,20). The Morgan fingerprint density at radius 1 is 1.19 bits per heavy atom. The van der Waals surface area contributed by atoms with Crippen molar-refractivity contribution >= 4 is 12.0 Å². The number of aliphatic carboxylic acids is 1. The van der Waals surface area contributed by atoms with Crippen LogP contribution in [0.3, 0.4) is 0 Å². The van der Waals surface area contributed by atoms with Gasteiger partial charge in [-0.25, -0.2) is 4.79 Å². The Morgan fingerprint density at radius 3 is 2.48 bits per heavy atom. The van der Waals surface area contributed by atoms with Crippen molar-refractivity contribution in [3.63, 3.8) is 0 Å². The maximum Gasteiger partial charge on any atom is 0.317 e. The highest BCUT2D eigenvalue weighted by molar-refractivity contribution is 5.79. The number of urea groups is 1. The van der Waals surface area contributed by atoms with Gasteiger partial charge in [0.2, 0.25) is 0 Å². The molecule has 0 radical (unpaired) electrons. The summed E-state index contributed by atoms with van der Waals surface area (Å²) in [6.07, 6.45) is 8.50. The first kappa shape index (κ1) is 16.1. The molecule has 5 heteroatoms. The van der Waals surface area contributed by atoms with Crippen LogP contribution in [0.1, 0.15) is 58.3 Å². The van der Waals surface area contributed by atoms with Crippen molar-refractivity contribution in [1.82, 2.24) is 10.2 Å². The van der Waals surface area contributed by atoms with Gasteiger partial charge in [0.05, 0.1) is 5.41 Å². The highest BCUT2D eigenvalue weighted by Crippen LogP contribution is 2.38. The number of hydrogen-bond acceptors (Lipinski definition) is 2. The summed E-state index contributed by atoms with van der Waals surface area (Å²) in [4.78, 5) is 25.5. The van der Waals surface area contributed by atoms with Crippen LogP contribution in [0.4, 0.5) is 4.79 Å². The lowest BCUT2D eigenvalue weighted by atomic mass is 9.85. The topological polar surface area (TPSA) is 69.6 Å². The second-order valence-electron chi connectivity index (χ2n) is 7.00. The van der Waals surface area contributed by atoms with Crippen LogP contribution in [0.15, 0.2) is 0 Å². The summed E-state index contributed by atoms with van der Waals surface area (Å²) in [6, 6.07) is -0.378. The third-order valence-corrected chi connectivity index (χ3v) is 5.35. The van der Waals surface area contributed by atoms with Gasteiger partial charge in [-0.15, -0.1) is 0 Å². The number of carboxylic acid groups (broad SMARTS) is 1. The zero-order valence-corrected chi connectivity index (χ0v) is 13.2. The number of rotatable bonds is 4. The van der Waals surface area contributed by atoms with E-state index in [-0.39, 0.29) is 12.1 Å². The lowest BCUT2D eigenvalue weighted by Crippen LogP contribution is -2.51. The van der Waals surface area contributed by atoms with E-state index in [4.69, 9.17) is 0 Å². The number of carbonyl (C=O) groups excluding carboxylic acids is 1. The van der Waals surface area contributed by atoms with Gasteiger partial charge in [-0.1, -0.05) is 25.7 Å². The van der Waals surface area contributed by atoms with Crippen molar-refractivity contribution in [2.45, 2.75) is 64.3 Å². The molecule has 0 aromatic heterocycles. The molecule has 2 saturated carbocycles. The maximum absolute atomic E-state index is 12.3. The van der Waals surface area contributed by atoms with Crippen LogP contribution in [0.5, 0.6) is 0 Å². The van der Waals surface area contributed by atoms with E-state index in [2.05, 4.69) is 5.32 Å². The zero-order chi connectivity index (χ0) is 15.5. The van der Waals surface area contributed by atoms with Gasteiger partial charge in [-0.05, 0) is 38.5 Å². The quantitative estimate of drug-likeness (QED) is 0.838. The molecule has 0 aliphatic heterocycles. The number of nitrogens with zero attached hydrogens (tertiary/aromatic N) is 1. The fourth-order valence-corrected chi connectivity index (χ4v) is 3.75. The van der Waals surface area contributed by atoms with Crippen LogP contribution in [0, 0.1) is 11.3 Å². The van der Waals surface area contributed by atoms with Gasteiger partial charge in [0.15, 0.2) is 0 Å². The van der Waals surface area contributed by atoms with E-state index < -0.39 is 11.4 Å². The average Bonchev–Trinajstić information content (AvgIpc) is 2.82. The van der Waals surface area contributed by atoms with Crippen molar-refractivity contribution in [2.75, 3.05) is 13.6 Å². The third kappa shape index (κ3) is 3.69. The first-order chi connectivity index (χ1) is 9.93. The fourth-order valence-electron chi connectivity index (χ4n) is 3.75. The second-order valence-corrected chi connectivity index (χ2v) is 7.00. The Kier molecular flexibility index (Phi) is 5.12. The number of carboxylic acids is 1. The van der Waals surface area contributed by atoms with Crippen molar-refractivity contribution < 1.29 is 14.7 Å². The number of nitrogens with one attached hydrogen (secondary N) is 1. The van der Waals surface area contributed by atoms with Gasteiger partial charge in [0.25, 0.3) is 0 Å². The van der Waals surface area contributed by atoms with E-state index >= 15 is 0 Å².